The maximum atomic E-state index is 3.56. The Bertz CT molecular complexity index is 97.6. The molecule has 0 saturated heterocycles. The van der Waals surface area contributed by atoms with Gasteiger partial charge in [0.05, 0.1) is 0 Å². The first-order valence-corrected chi connectivity index (χ1v) is 4.06. The summed E-state index contributed by atoms with van der Waals surface area (Å²) in [5.74, 6) is 0. The van der Waals surface area contributed by atoms with E-state index in [1.165, 1.54) is 16.7 Å². The Balaban J connectivity index is -0.000000101. The molecule has 0 atom stereocenters. The molecule has 0 heterocycles. The summed E-state index contributed by atoms with van der Waals surface area (Å²) in [5.41, 5.74) is 3.50. The molecule has 0 N–H and O–H groups in total. The van der Waals surface area contributed by atoms with E-state index < -0.39 is 0 Å². The van der Waals surface area contributed by atoms with Crippen LogP contribution in [0.15, 0.2) is 36.5 Å². The molecule has 0 rings (SSSR count). The van der Waals surface area contributed by atoms with Crippen LogP contribution in [0.5, 0.6) is 0 Å². The summed E-state index contributed by atoms with van der Waals surface area (Å²) >= 11 is 0. The molecule has 0 radical (unpaired) electrons. The summed E-state index contributed by atoms with van der Waals surface area (Å²) in [6.45, 7) is 22.5. The molecule has 0 fully saturated rings. The van der Waals surface area contributed by atoms with E-state index in [0.29, 0.717) is 0 Å². The molecule has 0 bridgehead atoms. The van der Waals surface area contributed by atoms with Crippen molar-refractivity contribution in [3.05, 3.63) is 36.5 Å². The second-order valence-corrected chi connectivity index (χ2v) is 3.62. The van der Waals surface area contributed by atoms with Crippen molar-refractivity contribution in [2.45, 2.75) is 41.5 Å². The third-order valence-electron chi connectivity index (χ3n) is 0. The summed E-state index contributed by atoms with van der Waals surface area (Å²) < 4.78 is 0. The molecule has 0 aromatic rings. The van der Waals surface area contributed by atoms with Gasteiger partial charge in [-0.05, 0) is 41.5 Å². The molecular weight excluding hydrogens is 144 g/mol. The highest BCUT2D eigenvalue weighted by Gasteiger charge is 1.52. The average molecular weight is 168 g/mol. The fourth-order valence-corrected chi connectivity index (χ4v) is 0. The Labute approximate surface area is 78.7 Å². The molecule has 0 heteroatoms. The number of allylic oxidation sites excluding steroid dienone is 3. The standard InChI is InChI=1S/3C4H8/c3*1-4(2)3/h3*1H2,2-3H3. The van der Waals surface area contributed by atoms with Gasteiger partial charge in [0.25, 0.3) is 0 Å². The third-order valence-corrected chi connectivity index (χ3v) is 0. The number of hydrogen-bond acceptors (Lipinski definition) is 0. The Morgan fingerprint density at radius 2 is 0.500 bits per heavy atom. The van der Waals surface area contributed by atoms with Crippen LogP contribution in [-0.2, 0) is 0 Å². The predicted octanol–water partition coefficient (Wildman–Crippen LogP) is 4.75. The lowest BCUT2D eigenvalue weighted by Crippen LogP contribution is -1.43. The fraction of sp³-hybridized carbons (Fsp3) is 0.500. The molecule has 0 aliphatic heterocycles. The summed E-state index contributed by atoms with van der Waals surface area (Å²) in [5, 5.41) is 0. The van der Waals surface area contributed by atoms with Gasteiger partial charge in [-0.1, -0.05) is 16.7 Å². The Hall–Kier alpha value is -0.780. The maximum Gasteiger partial charge on any atom is -0.0445 e. The van der Waals surface area contributed by atoms with Crippen LogP contribution in [0.4, 0.5) is 0 Å². The van der Waals surface area contributed by atoms with E-state index in [-0.39, 0.29) is 0 Å². The van der Waals surface area contributed by atoms with Crippen molar-refractivity contribution in [2.24, 2.45) is 0 Å². The van der Waals surface area contributed by atoms with Crippen LogP contribution in [0.25, 0.3) is 0 Å². The third kappa shape index (κ3) is 1020. The summed E-state index contributed by atoms with van der Waals surface area (Å²) in [4.78, 5) is 0. The smallest absolute Gasteiger partial charge is 0.0445 e. The Morgan fingerprint density at radius 3 is 0.500 bits per heavy atom. The SMILES string of the molecule is C=C(C)C.C=C(C)C.C=C(C)C. The van der Waals surface area contributed by atoms with Crippen LogP contribution in [0.2, 0.25) is 0 Å². The summed E-state index contributed by atoms with van der Waals surface area (Å²) in [6, 6.07) is 0. The van der Waals surface area contributed by atoms with Gasteiger partial charge in [0.1, 0.15) is 0 Å². The van der Waals surface area contributed by atoms with E-state index in [1.54, 1.807) is 0 Å². The van der Waals surface area contributed by atoms with E-state index in [0.717, 1.165) is 0 Å². The first kappa shape index (κ1) is 17.3. The van der Waals surface area contributed by atoms with Crippen molar-refractivity contribution in [1.29, 1.82) is 0 Å². The number of hydrogen-bond donors (Lipinski definition) is 0. The summed E-state index contributed by atoms with van der Waals surface area (Å²) in [6.07, 6.45) is 0. The maximum absolute atomic E-state index is 3.56. The van der Waals surface area contributed by atoms with Crippen LogP contribution >= 0.6 is 0 Å². The Kier molecular flexibility index (Phi) is 18.6. The highest BCUT2D eigenvalue weighted by Crippen LogP contribution is 1.74. The van der Waals surface area contributed by atoms with Gasteiger partial charge in [0.15, 0.2) is 0 Å². The van der Waals surface area contributed by atoms with Gasteiger partial charge < -0.3 is 0 Å². The molecule has 0 aliphatic rings. The molecule has 0 amide bonds. The van der Waals surface area contributed by atoms with Gasteiger partial charge in [0.2, 0.25) is 0 Å². The van der Waals surface area contributed by atoms with Crippen LogP contribution < -0.4 is 0 Å². The van der Waals surface area contributed by atoms with Crippen LogP contribution in [0.1, 0.15) is 41.5 Å². The topological polar surface area (TPSA) is 0 Å². The van der Waals surface area contributed by atoms with Crippen molar-refractivity contribution < 1.29 is 0 Å². The lowest BCUT2D eigenvalue weighted by molar-refractivity contribution is 1.42. The molecule has 0 unspecified atom stereocenters. The van der Waals surface area contributed by atoms with Crippen molar-refractivity contribution in [1.82, 2.24) is 0 Å². The van der Waals surface area contributed by atoms with Gasteiger partial charge in [-0.2, -0.15) is 0 Å². The highest BCUT2D eigenvalue weighted by atomic mass is 13.6. The second kappa shape index (κ2) is 12.9. The zero-order valence-electron chi connectivity index (χ0n) is 9.62. The minimum Gasteiger partial charge on any atom is -0.100 e. The molecule has 0 saturated carbocycles. The molecular formula is C12H24. The molecule has 72 valence electrons. The largest absolute Gasteiger partial charge is 0.100 e. The molecule has 0 aromatic carbocycles. The van der Waals surface area contributed by atoms with E-state index >= 15 is 0 Å². The summed E-state index contributed by atoms with van der Waals surface area (Å²) in [7, 11) is 0. The van der Waals surface area contributed by atoms with Crippen molar-refractivity contribution in [3.63, 3.8) is 0 Å². The van der Waals surface area contributed by atoms with Crippen LogP contribution in [0.3, 0.4) is 0 Å². The number of rotatable bonds is 0. The lowest BCUT2D eigenvalue weighted by Gasteiger charge is -1.65. The van der Waals surface area contributed by atoms with E-state index in [4.69, 9.17) is 0 Å². The van der Waals surface area contributed by atoms with E-state index in [9.17, 15) is 0 Å². The average Bonchev–Trinajstić information content (AvgIpc) is 1.54. The monoisotopic (exact) mass is 168 g/mol. The highest BCUT2D eigenvalue weighted by molar-refractivity contribution is 4.79. The van der Waals surface area contributed by atoms with Crippen LogP contribution in [0, 0.1) is 0 Å². The van der Waals surface area contributed by atoms with E-state index in [1.807, 2.05) is 41.5 Å². The molecule has 12 heavy (non-hydrogen) atoms. The molecule has 0 nitrogen and oxygen atoms in total. The molecule has 0 spiro atoms. The van der Waals surface area contributed by atoms with Gasteiger partial charge in [0, 0.05) is 0 Å². The first-order valence-electron chi connectivity index (χ1n) is 4.06. The van der Waals surface area contributed by atoms with Gasteiger partial charge >= 0.3 is 0 Å². The minimum absolute atomic E-state index is 1.17. The van der Waals surface area contributed by atoms with Crippen molar-refractivity contribution >= 4 is 0 Å². The second-order valence-electron chi connectivity index (χ2n) is 3.62. The predicted molar refractivity (Wildman–Crippen MR) is 61.5 cm³/mol. The van der Waals surface area contributed by atoms with Gasteiger partial charge in [-0.25, -0.2) is 0 Å². The van der Waals surface area contributed by atoms with Crippen molar-refractivity contribution in [2.75, 3.05) is 0 Å². The minimum atomic E-state index is 1.17. The van der Waals surface area contributed by atoms with Gasteiger partial charge in [-0.3, -0.25) is 0 Å². The molecule has 0 aliphatic carbocycles. The van der Waals surface area contributed by atoms with Gasteiger partial charge in [-0.15, -0.1) is 19.7 Å². The fourth-order valence-electron chi connectivity index (χ4n) is 0. The van der Waals surface area contributed by atoms with Crippen LogP contribution in [-0.4, -0.2) is 0 Å². The quantitative estimate of drug-likeness (QED) is 0.458. The zero-order chi connectivity index (χ0) is 10.7. The van der Waals surface area contributed by atoms with Crippen molar-refractivity contribution in [3.8, 4) is 0 Å². The normalized spacial score (nSPS) is 6.50. The lowest BCUT2D eigenvalue weighted by atomic mass is 10.4. The van der Waals surface area contributed by atoms with E-state index in [2.05, 4.69) is 19.7 Å². The first-order chi connectivity index (χ1) is 5.20. The zero-order valence-corrected chi connectivity index (χ0v) is 9.62. The molecule has 0 aromatic heterocycles. The Morgan fingerprint density at radius 1 is 0.500 bits per heavy atom.